The predicted molar refractivity (Wildman–Crippen MR) is 139 cm³/mol. The first-order valence-corrected chi connectivity index (χ1v) is 13.4. The number of aromatic nitrogens is 2. The van der Waals surface area contributed by atoms with Crippen molar-refractivity contribution in [2.24, 2.45) is 5.73 Å². The molecule has 0 radical (unpaired) electrons. The first kappa shape index (κ1) is 32.3. The van der Waals surface area contributed by atoms with Crippen LogP contribution in [0.25, 0.3) is 11.3 Å². The third-order valence-electron chi connectivity index (χ3n) is 4.59. The molecule has 0 saturated carbocycles. The topological polar surface area (TPSA) is 144 Å². The van der Waals surface area contributed by atoms with E-state index in [0.717, 1.165) is 11.8 Å². The fourth-order valence-electron chi connectivity index (χ4n) is 2.93. The van der Waals surface area contributed by atoms with Gasteiger partial charge in [-0.3, -0.25) is 4.79 Å². The average Bonchev–Trinajstić information content (AvgIpc) is 3.16. The predicted octanol–water partition coefficient (Wildman–Crippen LogP) is 1.82. The molecule has 1 aromatic carbocycles. The van der Waals surface area contributed by atoms with Crippen LogP contribution in [0.15, 0.2) is 29.3 Å². The van der Waals surface area contributed by atoms with Gasteiger partial charge in [-0.1, -0.05) is 17.7 Å². The highest BCUT2D eigenvalue weighted by Crippen LogP contribution is 2.29. The van der Waals surface area contributed by atoms with Gasteiger partial charge >= 0.3 is 0 Å². The number of nitrogens with two attached hydrogens (primary N) is 1. The number of amides is 1. The van der Waals surface area contributed by atoms with E-state index in [9.17, 15) is 13.2 Å². The molecule has 14 heteroatoms. The van der Waals surface area contributed by atoms with Crippen LogP contribution in [0.1, 0.15) is 12.0 Å². The van der Waals surface area contributed by atoms with Crippen LogP contribution in [0.3, 0.4) is 0 Å². The number of nitrogens with zero attached hydrogens (tertiary/aromatic N) is 2. The van der Waals surface area contributed by atoms with Crippen LogP contribution < -0.4 is 11.2 Å². The molecule has 0 unspecified atom stereocenters. The molecule has 0 bridgehead atoms. The Balaban J connectivity index is 0.00000648. The highest BCUT2D eigenvalue weighted by molar-refractivity contribution is 7.90. The average molecular weight is 570 g/mol. The third kappa shape index (κ3) is 11.5. The Morgan fingerprint density at radius 2 is 1.58 bits per heavy atom. The normalized spacial score (nSPS) is 11.3. The summed E-state index contributed by atoms with van der Waals surface area (Å²) >= 11 is 6.02. The van der Waals surface area contributed by atoms with E-state index < -0.39 is 9.84 Å². The minimum absolute atomic E-state index is 0. The van der Waals surface area contributed by atoms with Crippen molar-refractivity contribution in [1.82, 2.24) is 9.89 Å². The molecular formula is C22H34Cl2N4O7S. The Labute approximate surface area is 222 Å². The zero-order valence-corrected chi connectivity index (χ0v) is 22.8. The second kappa shape index (κ2) is 16.9. The Bertz CT molecular complexity index is 1050. The molecule has 1 aromatic heterocycles. The fraction of sp³-hybridized carbons (Fsp3) is 0.545. The monoisotopic (exact) mass is 568 g/mol. The van der Waals surface area contributed by atoms with Crippen LogP contribution in [0.5, 0.6) is 0 Å². The molecule has 0 saturated heterocycles. The standard InChI is InChI=1S/C22H33ClN4O7S.ClH/c1-17-16-27(26-22(17)18-3-4-19(23)20(15-18)35(2,29)30)25-21(28)5-7-31-9-11-33-13-14-34-12-10-32-8-6-24;/h3-4,15-16H,5-14,24H2,1-2H3,(H,25,28);1H. The van der Waals surface area contributed by atoms with Gasteiger partial charge in [0.25, 0.3) is 0 Å². The summed E-state index contributed by atoms with van der Waals surface area (Å²) in [5, 5.41) is 4.49. The lowest BCUT2D eigenvalue weighted by molar-refractivity contribution is -0.118. The van der Waals surface area contributed by atoms with Gasteiger partial charge in [0.1, 0.15) is 0 Å². The van der Waals surface area contributed by atoms with Crippen LogP contribution in [-0.2, 0) is 33.6 Å². The second-order valence-electron chi connectivity index (χ2n) is 7.55. The molecule has 36 heavy (non-hydrogen) atoms. The van der Waals surface area contributed by atoms with E-state index in [4.69, 9.17) is 36.3 Å². The maximum absolute atomic E-state index is 12.2. The van der Waals surface area contributed by atoms with E-state index in [1.54, 1.807) is 12.3 Å². The fourth-order valence-corrected chi connectivity index (χ4v) is 4.23. The smallest absolute Gasteiger partial charge is 0.242 e. The number of ether oxygens (including phenoxy) is 4. The first-order chi connectivity index (χ1) is 16.7. The first-order valence-electron chi connectivity index (χ1n) is 11.1. The van der Waals surface area contributed by atoms with Gasteiger partial charge in [-0.25, -0.2) is 13.8 Å². The van der Waals surface area contributed by atoms with Crippen LogP contribution in [0.4, 0.5) is 0 Å². The lowest BCUT2D eigenvalue weighted by atomic mass is 10.1. The highest BCUT2D eigenvalue weighted by atomic mass is 35.5. The summed E-state index contributed by atoms with van der Waals surface area (Å²) in [6.07, 6.45) is 2.87. The van der Waals surface area contributed by atoms with Gasteiger partial charge in [-0.05, 0) is 24.6 Å². The van der Waals surface area contributed by atoms with E-state index in [0.29, 0.717) is 64.1 Å². The summed E-state index contributed by atoms with van der Waals surface area (Å²) in [4.78, 5) is 13.5. The number of benzene rings is 1. The Morgan fingerprint density at radius 1 is 1.03 bits per heavy atom. The van der Waals surface area contributed by atoms with Crippen LogP contribution in [0.2, 0.25) is 5.02 Å². The minimum atomic E-state index is -3.49. The number of hydrogen-bond donors (Lipinski definition) is 2. The zero-order chi connectivity index (χ0) is 25.7. The quantitative estimate of drug-likeness (QED) is 0.273. The molecule has 0 aliphatic rings. The maximum Gasteiger partial charge on any atom is 0.242 e. The molecule has 3 N–H and O–H groups in total. The number of sulfone groups is 1. The van der Waals surface area contributed by atoms with Gasteiger partial charge in [-0.2, -0.15) is 9.89 Å². The number of halogens is 2. The SMILES string of the molecule is Cc1cn(NC(=O)CCOCCOCCOCCOCCN)nc1-c1ccc(Cl)c(S(C)(=O)=O)c1.Cl. The van der Waals surface area contributed by atoms with Gasteiger partial charge in [-0.15, -0.1) is 12.4 Å². The van der Waals surface area contributed by atoms with E-state index in [2.05, 4.69) is 10.5 Å². The van der Waals surface area contributed by atoms with Crippen molar-refractivity contribution < 1.29 is 32.2 Å². The van der Waals surface area contributed by atoms with Gasteiger partial charge in [0, 0.05) is 18.4 Å². The Kier molecular flexibility index (Phi) is 15.1. The lowest BCUT2D eigenvalue weighted by Crippen LogP contribution is -2.24. The van der Waals surface area contributed by atoms with Crippen molar-refractivity contribution in [3.63, 3.8) is 0 Å². The largest absolute Gasteiger partial charge is 0.379 e. The lowest BCUT2D eigenvalue weighted by Gasteiger charge is -2.08. The van der Waals surface area contributed by atoms with Crippen molar-refractivity contribution >= 4 is 39.8 Å². The summed E-state index contributed by atoms with van der Waals surface area (Å²) in [7, 11) is -3.49. The van der Waals surface area contributed by atoms with E-state index in [1.165, 1.54) is 16.9 Å². The minimum Gasteiger partial charge on any atom is -0.379 e. The summed E-state index contributed by atoms with van der Waals surface area (Å²) in [6, 6.07) is 4.66. The molecule has 0 aliphatic carbocycles. The zero-order valence-electron chi connectivity index (χ0n) is 20.4. The molecule has 1 amide bonds. The molecule has 0 fully saturated rings. The molecule has 2 aromatic rings. The molecular weight excluding hydrogens is 535 g/mol. The second-order valence-corrected chi connectivity index (χ2v) is 9.94. The number of aryl methyl sites for hydroxylation is 1. The number of carbonyl (C=O) groups is 1. The van der Waals surface area contributed by atoms with Crippen molar-refractivity contribution in [2.75, 3.05) is 71.1 Å². The van der Waals surface area contributed by atoms with Gasteiger partial charge < -0.3 is 24.7 Å². The Hall–Kier alpha value is -1.77. The van der Waals surface area contributed by atoms with Crippen molar-refractivity contribution in [3.8, 4) is 11.3 Å². The number of nitrogens with one attached hydrogen (secondary N) is 1. The molecule has 0 aliphatic heterocycles. The molecule has 204 valence electrons. The van der Waals surface area contributed by atoms with Crippen LogP contribution in [0, 0.1) is 6.92 Å². The van der Waals surface area contributed by atoms with Gasteiger partial charge in [0.2, 0.25) is 5.91 Å². The maximum atomic E-state index is 12.2. The number of hydrogen-bond acceptors (Lipinski definition) is 9. The highest BCUT2D eigenvalue weighted by Gasteiger charge is 2.16. The third-order valence-corrected chi connectivity index (χ3v) is 6.17. The van der Waals surface area contributed by atoms with Crippen molar-refractivity contribution in [1.29, 1.82) is 0 Å². The number of carbonyl (C=O) groups excluding carboxylic acids is 1. The van der Waals surface area contributed by atoms with E-state index >= 15 is 0 Å². The van der Waals surface area contributed by atoms with Gasteiger partial charge in [0.05, 0.1) is 81.1 Å². The van der Waals surface area contributed by atoms with Crippen molar-refractivity contribution in [3.05, 3.63) is 35.0 Å². The summed E-state index contributed by atoms with van der Waals surface area (Å²) < 4.78 is 45.2. The van der Waals surface area contributed by atoms with Crippen LogP contribution >= 0.6 is 24.0 Å². The molecule has 0 atom stereocenters. The van der Waals surface area contributed by atoms with Crippen molar-refractivity contribution in [2.45, 2.75) is 18.2 Å². The van der Waals surface area contributed by atoms with E-state index in [-0.39, 0.29) is 41.3 Å². The molecule has 2 rings (SSSR count). The number of rotatable bonds is 17. The Morgan fingerprint density at radius 3 is 2.14 bits per heavy atom. The molecule has 11 nitrogen and oxygen atoms in total. The van der Waals surface area contributed by atoms with E-state index in [1.807, 2.05) is 6.92 Å². The summed E-state index contributed by atoms with van der Waals surface area (Å²) in [6.45, 7) is 5.72. The van der Waals surface area contributed by atoms with Crippen LogP contribution in [-0.4, -0.2) is 89.9 Å². The summed E-state index contributed by atoms with van der Waals surface area (Å²) in [5.74, 6) is -0.279. The molecule has 1 heterocycles. The summed E-state index contributed by atoms with van der Waals surface area (Å²) in [5.41, 5.74) is 9.83. The van der Waals surface area contributed by atoms with Gasteiger partial charge in [0.15, 0.2) is 9.84 Å². The molecule has 0 spiro atoms.